The van der Waals surface area contributed by atoms with E-state index in [0.717, 1.165) is 73.7 Å². The molecule has 0 aromatic heterocycles. The van der Waals surface area contributed by atoms with Gasteiger partial charge >= 0.3 is 6.09 Å². The van der Waals surface area contributed by atoms with Crippen LogP contribution in [0.5, 0.6) is 0 Å². The Hall–Kier alpha value is -4.91. The van der Waals surface area contributed by atoms with Crippen LogP contribution in [-0.2, 0) is 71.8 Å². The predicted octanol–water partition coefficient (Wildman–Crippen LogP) is 16.9. The fourth-order valence-corrected chi connectivity index (χ4v) is 19.0. The molecule has 2 aromatic carbocycles. The van der Waals surface area contributed by atoms with E-state index in [0.29, 0.717) is 74.9 Å². The van der Waals surface area contributed by atoms with E-state index in [2.05, 4.69) is 79.3 Å². The third-order valence-corrected chi connectivity index (χ3v) is 25.6. The smallest absolute Gasteiger partial charge is 0.412 e. The van der Waals surface area contributed by atoms with Gasteiger partial charge in [0.2, 0.25) is 0 Å². The fourth-order valence-electron chi connectivity index (χ4n) is 15.4. The standard InChI is InChI=1S/C44H65NO9S.C37H54O7S.C5H12O.CH4/c1-11-21-49-22-15-16-33-24-30(3)38(50-33)20-19-34-23-29(2)31(4)40(51-34)26-41-37(28-55(47,48)36-17-13-12-14-18-36)32(5)39(52-41)25-35-27-45(44(9,10)53-35)42(46)54-43(6,7)8;1-7-18-41-19-12-13-30-21-26(4)34(42-30)17-16-31-20-25(3)27(5)36(43-31)23-37-33(28(6)35(44-37)22-29(38)8-2)24-45(39,40)32-14-10-9-11-15-32;1-5(2,3)6-4;/h11-18,29,32-35,37-41H,1,3-4,19-28H2,2,5-10H3;7,9-15,25,28-31,33-38H,1,4-5,8,16-24H2,2-3,6H3;1-4H3;1H4/b16-15+;13-12+;;/t29-,32-,33+,34+,35+,37-,38?,39-,40-,41?;25-,28-,29-,30+,31+,33-,34?,35-,36-,37?;;/m11../s1. The number of benzene rings is 2. The topological polar surface area (TPSA) is 210 Å². The van der Waals surface area contributed by atoms with Gasteiger partial charge in [-0.1, -0.05) is 141 Å². The second-order valence-corrected chi connectivity index (χ2v) is 37.0. The average molecular weight is 1530 g/mol. The van der Waals surface area contributed by atoms with E-state index >= 15 is 0 Å². The number of hydrogen-bond donors (Lipinski definition) is 1. The lowest BCUT2D eigenvalue weighted by atomic mass is 9.82. The summed E-state index contributed by atoms with van der Waals surface area (Å²) in [7, 11) is -5.43. The Morgan fingerprint density at radius 2 is 1.02 bits per heavy atom. The van der Waals surface area contributed by atoms with Crippen LogP contribution in [0.25, 0.3) is 0 Å². The summed E-state index contributed by atoms with van der Waals surface area (Å²) >= 11 is 0. The van der Waals surface area contributed by atoms with Crippen molar-refractivity contribution in [3.63, 3.8) is 0 Å². The van der Waals surface area contributed by atoms with Gasteiger partial charge in [0, 0.05) is 51.0 Å². The third kappa shape index (κ3) is 27.5. The van der Waals surface area contributed by atoms with Crippen molar-refractivity contribution in [2.24, 2.45) is 35.5 Å². The molecule has 0 bridgehead atoms. The van der Waals surface area contributed by atoms with Crippen molar-refractivity contribution in [2.45, 2.75) is 293 Å². The SMILES string of the molecule is C.C=CCOC/C=C/[C@H]1CC(=C)C(CC[C@H]2C[C@@H](C)C(=C)[C@@H](CC3O[C@H](C[C@H](O)CC)[C@H](C)[C@H]3CS(=O)(=O)c3ccccc3)O2)O1.C=CCOC/C=C/[C@H]1CC(=C)C(CC[C@H]2C[C@@H](C)C(=C)[C@@H](CC3O[C@H](C[C@H]4CN(C(=O)OC(C)(C)C)C(C)(C)O4)[C@H](C)[C@H]3CS(=O)(=O)c3ccccc3)O2)O1.COC(C)(C)C. The Bertz CT molecular complexity index is 3450. The Morgan fingerprint density at radius 3 is 1.42 bits per heavy atom. The summed E-state index contributed by atoms with van der Waals surface area (Å²) < 4.78 is 122. The van der Waals surface area contributed by atoms with Crippen molar-refractivity contribution >= 4 is 25.8 Å². The molecule has 7 fully saturated rings. The summed E-state index contributed by atoms with van der Waals surface area (Å²) in [4.78, 5) is 15.4. The first-order valence-corrected chi connectivity index (χ1v) is 42.1. The maximum absolute atomic E-state index is 13.8. The highest BCUT2D eigenvalue weighted by Gasteiger charge is 2.51. The van der Waals surface area contributed by atoms with Crippen LogP contribution >= 0.6 is 0 Å². The number of nitrogens with zero attached hydrogens (tertiary/aromatic N) is 1. The number of sulfone groups is 2. The van der Waals surface area contributed by atoms with Gasteiger partial charge in [-0.2, -0.15) is 0 Å². The number of rotatable bonds is 31. The molecule has 2 aromatic rings. The number of aliphatic hydroxyl groups excluding tert-OH is 1. The van der Waals surface area contributed by atoms with E-state index in [9.17, 15) is 26.7 Å². The molecule has 0 radical (unpaired) electrons. The highest BCUT2D eigenvalue weighted by molar-refractivity contribution is 7.91. The zero-order valence-electron chi connectivity index (χ0n) is 66.4. The molecule has 4 unspecified atom stereocenters. The Kier molecular flexibility index (Phi) is 35.3. The normalized spacial score (nSPS) is 31.5. The molecule has 0 saturated carbocycles. The first kappa shape index (κ1) is 91.0. The minimum atomic E-state index is -3.61. The molecule has 0 aliphatic carbocycles. The Balaban J connectivity index is 0.000000313. The number of aliphatic hydroxyl groups is 1. The van der Waals surface area contributed by atoms with Crippen LogP contribution in [0.1, 0.15) is 181 Å². The summed E-state index contributed by atoms with van der Waals surface area (Å²) in [5.74, 6) is -0.183. The number of hydrogen-bond acceptors (Lipinski definition) is 17. The lowest BCUT2D eigenvalue weighted by Gasteiger charge is -2.38. The van der Waals surface area contributed by atoms with Gasteiger partial charge in [-0.25, -0.2) is 21.6 Å². The summed E-state index contributed by atoms with van der Waals surface area (Å²) in [5.41, 5.74) is 2.79. The number of amides is 1. The molecule has 0 spiro atoms. The van der Waals surface area contributed by atoms with Crippen LogP contribution < -0.4 is 0 Å². The van der Waals surface area contributed by atoms with Crippen molar-refractivity contribution in [1.29, 1.82) is 0 Å². The maximum Gasteiger partial charge on any atom is 0.412 e. The molecule has 1 amide bonds. The van der Waals surface area contributed by atoms with Crippen LogP contribution in [0, 0.1) is 35.5 Å². The van der Waals surface area contributed by atoms with Gasteiger partial charge in [0.05, 0.1) is 145 Å². The molecule has 107 heavy (non-hydrogen) atoms. The van der Waals surface area contributed by atoms with Gasteiger partial charge in [0.1, 0.15) is 11.3 Å². The van der Waals surface area contributed by atoms with Crippen molar-refractivity contribution in [3.8, 4) is 0 Å². The monoisotopic (exact) mass is 1530 g/mol. The number of methoxy groups -OCH3 is 1. The fraction of sp³-hybridized carbons (Fsp3) is 0.667. The van der Waals surface area contributed by atoms with Crippen LogP contribution in [0.15, 0.2) is 169 Å². The van der Waals surface area contributed by atoms with Crippen molar-refractivity contribution in [1.82, 2.24) is 4.90 Å². The molecule has 7 aliphatic rings. The Labute approximate surface area is 645 Å². The van der Waals surface area contributed by atoms with Gasteiger partial charge in [-0.3, -0.25) is 4.90 Å². The van der Waals surface area contributed by atoms with Crippen LogP contribution in [-0.4, -0.2) is 187 Å². The summed E-state index contributed by atoms with van der Waals surface area (Å²) in [5, 5.41) is 10.4. The molecule has 20 atom stereocenters. The van der Waals surface area contributed by atoms with Crippen LogP contribution in [0.4, 0.5) is 4.79 Å². The predicted molar refractivity (Wildman–Crippen MR) is 427 cm³/mol. The second-order valence-electron chi connectivity index (χ2n) is 32.9. The van der Waals surface area contributed by atoms with Crippen molar-refractivity contribution < 1.29 is 78.8 Å². The third-order valence-electron chi connectivity index (χ3n) is 21.9. The second kappa shape index (κ2) is 41.6. The number of ether oxygens (including phenoxy) is 11. The van der Waals surface area contributed by atoms with E-state index in [1.807, 2.05) is 86.6 Å². The number of carbonyl (C=O) groups is 1. The number of carbonyl (C=O) groups excluding carboxylic acids is 1. The molecule has 1 N–H and O–H groups in total. The molecule has 20 heteroatoms. The largest absolute Gasteiger partial charge is 0.444 e. The summed E-state index contributed by atoms with van der Waals surface area (Å²) in [6, 6.07) is 17.3. The van der Waals surface area contributed by atoms with E-state index in [1.165, 1.54) is 0 Å². The lowest BCUT2D eigenvalue weighted by Crippen LogP contribution is -2.46. The molecule has 7 saturated heterocycles. The highest BCUT2D eigenvalue weighted by atomic mass is 32.2. The summed E-state index contributed by atoms with van der Waals surface area (Å²) in [6.07, 6.45) is 17.9. The van der Waals surface area contributed by atoms with E-state index in [4.69, 9.17) is 52.1 Å². The molecule has 7 aliphatic heterocycles. The average Bonchev–Trinajstić information content (AvgIpc) is 1.64. The molecule has 7 heterocycles. The van der Waals surface area contributed by atoms with Gasteiger partial charge in [0.15, 0.2) is 19.7 Å². The molecular weight excluding hydrogens is 1400 g/mol. The van der Waals surface area contributed by atoms with Gasteiger partial charge in [0.25, 0.3) is 0 Å². The summed E-state index contributed by atoms with van der Waals surface area (Å²) in [6.45, 7) is 53.0. The molecule has 602 valence electrons. The molecule has 9 rings (SSSR count). The minimum Gasteiger partial charge on any atom is -0.444 e. The highest BCUT2D eigenvalue weighted by Crippen LogP contribution is 2.46. The van der Waals surface area contributed by atoms with Crippen LogP contribution in [0.3, 0.4) is 0 Å². The van der Waals surface area contributed by atoms with Gasteiger partial charge < -0.3 is 57.2 Å². The van der Waals surface area contributed by atoms with Crippen molar-refractivity contribution in [2.75, 3.05) is 51.6 Å². The van der Waals surface area contributed by atoms with E-state index in [-0.39, 0.29) is 139 Å². The zero-order valence-corrected chi connectivity index (χ0v) is 68.0. The molecule has 18 nitrogen and oxygen atoms in total. The van der Waals surface area contributed by atoms with Crippen LogP contribution in [0.2, 0.25) is 0 Å². The quantitative estimate of drug-likeness (QED) is 0.0549. The first-order valence-electron chi connectivity index (χ1n) is 38.8. The van der Waals surface area contributed by atoms with Crippen molar-refractivity contribution in [3.05, 3.63) is 159 Å². The first-order chi connectivity index (χ1) is 49.9. The van der Waals surface area contributed by atoms with Gasteiger partial charge in [-0.05, 0) is 177 Å². The maximum atomic E-state index is 13.8. The lowest BCUT2D eigenvalue weighted by molar-refractivity contribution is -0.0947. The van der Waals surface area contributed by atoms with E-state index < -0.39 is 43.2 Å². The minimum absolute atomic E-state index is 0. The van der Waals surface area contributed by atoms with Gasteiger partial charge in [-0.15, -0.1) is 13.2 Å². The Morgan fingerprint density at radius 1 is 0.598 bits per heavy atom. The zero-order chi connectivity index (χ0) is 77.9. The molecular formula is C87H135NO17S2. The van der Waals surface area contributed by atoms with E-state index in [1.54, 1.807) is 72.7 Å².